The van der Waals surface area contributed by atoms with Crippen molar-refractivity contribution in [3.63, 3.8) is 0 Å². The summed E-state index contributed by atoms with van der Waals surface area (Å²) in [4.78, 5) is 11.7. The average molecular weight is 469 g/mol. The summed E-state index contributed by atoms with van der Waals surface area (Å²) in [6.07, 6.45) is 1.84. The van der Waals surface area contributed by atoms with Gasteiger partial charge in [-0.05, 0) is 60.0 Å². The van der Waals surface area contributed by atoms with E-state index < -0.39 is 0 Å². The molecule has 5 aromatic rings. The van der Waals surface area contributed by atoms with E-state index in [2.05, 4.69) is 74.2 Å². The molecule has 0 bridgehead atoms. The summed E-state index contributed by atoms with van der Waals surface area (Å²) in [6.45, 7) is 6.57. The van der Waals surface area contributed by atoms with Crippen LogP contribution in [0.1, 0.15) is 36.1 Å². The molecule has 174 valence electrons. The van der Waals surface area contributed by atoms with Crippen LogP contribution < -0.4 is 4.90 Å². The smallest absolute Gasteiger partial charge is 0.159 e. The maximum Gasteiger partial charge on any atom is 0.159 e. The van der Waals surface area contributed by atoms with Crippen molar-refractivity contribution < 1.29 is 5.11 Å². The highest BCUT2D eigenvalue weighted by atomic mass is 16.3. The number of aryl methyl sites for hydroxylation is 1. The third kappa shape index (κ3) is 3.23. The fourth-order valence-electron chi connectivity index (χ4n) is 5.19. The highest BCUT2D eigenvalue weighted by Crippen LogP contribution is 2.52. The second-order valence-corrected chi connectivity index (χ2v) is 9.74. The SMILES string of the molecule is Cc1ccnc(N2c3ccccc3C(C)(C)c3ccc(-c4ccc5ccc(C#N)c(O)c5n4)cc32)c1. The molecule has 0 saturated heterocycles. The molecule has 0 saturated carbocycles. The van der Waals surface area contributed by atoms with Crippen LogP contribution in [0, 0.1) is 18.3 Å². The van der Waals surface area contributed by atoms with Crippen LogP contribution in [-0.2, 0) is 5.41 Å². The summed E-state index contributed by atoms with van der Waals surface area (Å²) in [5.74, 6) is 0.773. The maximum atomic E-state index is 10.6. The lowest BCUT2D eigenvalue weighted by molar-refractivity contribution is 0.478. The van der Waals surface area contributed by atoms with Crippen molar-refractivity contribution in [1.29, 1.82) is 5.26 Å². The van der Waals surface area contributed by atoms with Crippen LogP contribution in [0.5, 0.6) is 5.75 Å². The Morgan fingerprint density at radius 2 is 1.67 bits per heavy atom. The fourth-order valence-corrected chi connectivity index (χ4v) is 5.19. The van der Waals surface area contributed by atoms with Crippen molar-refractivity contribution in [2.45, 2.75) is 26.2 Å². The molecule has 0 spiro atoms. The van der Waals surface area contributed by atoms with E-state index in [1.807, 2.05) is 36.5 Å². The zero-order valence-corrected chi connectivity index (χ0v) is 20.3. The van der Waals surface area contributed by atoms with Gasteiger partial charge in [0.1, 0.15) is 17.4 Å². The molecule has 0 aliphatic carbocycles. The number of rotatable bonds is 2. The molecule has 2 aromatic heterocycles. The molecule has 3 heterocycles. The van der Waals surface area contributed by atoms with Crippen LogP contribution in [0.25, 0.3) is 22.2 Å². The molecule has 0 radical (unpaired) electrons. The minimum Gasteiger partial charge on any atom is -0.504 e. The van der Waals surface area contributed by atoms with Crippen molar-refractivity contribution in [1.82, 2.24) is 9.97 Å². The van der Waals surface area contributed by atoms with E-state index in [9.17, 15) is 10.4 Å². The minimum absolute atomic E-state index is 0.0875. The van der Waals surface area contributed by atoms with Crippen LogP contribution in [0.2, 0.25) is 0 Å². The van der Waals surface area contributed by atoms with Crippen molar-refractivity contribution >= 4 is 28.1 Å². The predicted octanol–water partition coefficient (Wildman–Crippen LogP) is 7.29. The number of nitrogens with zero attached hydrogens (tertiary/aromatic N) is 4. The highest BCUT2D eigenvalue weighted by molar-refractivity contribution is 5.90. The Morgan fingerprint density at radius 3 is 2.47 bits per heavy atom. The van der Waals surface area contributed by atoms with Crippen LogP contribution in [0.3, 0.4) is 0 Å². The van der Waals surface area contributed by atoms with Crippen LogP contribution in [0.15, 0.2) is 85.1 Å². The summed E-state index contributed by atoms with van der Waals surface area (Å²) in [7, 11) is 0. The Hall–Kier alpha value is -4.69. The average Bonchev–Trinajstić information content (AvgIpc) is 2.89. The molecule has 1 N–H and O–H groups in total. The summed E-state index contributed by atoms with van der Waals surface area (Å²) < 4.78 is 0. The lowest BCUT2D eigenvalue weighted by Gasteiger charge is -2.41. The number of benzene rings is 3. The van der Waals surface area contributed by atoms with E-state index in [0.29, 0.717) is 5.52 Å². The second kappa shape index (κ2) is 7.93. The molecule has 1 aliphatic rings. The van der Waals surface area contributed by atoms with Crippen LogP contribution in [0.4, 0.5) is 17.2 Å². The minimum atomic E-state index is -0.207. The van der Waals surface area contributed by atoms with Gasteiger partial charge in [-0.25, -0.2) is 9.97 Å². The number of phenols is 1. The topological polar surface area (TPSA) is 73.0 Å². The van der Waals surface area contributed by atoms with Crippen molar-refractivity contribution in [2.24, 2.45) is 0 Å². The zero-order chi connectivity index (χ0) is 25.0. The maximum absolute atomic E-state index is 10.6. The molecule has 0 fully saturated rings. The summed E-state index contributed by atoms with van der Waals surface area (Å²) in [5, 5.41) is 20.7. The Balaban J connectivity index is 1.59. The van der Waals surface area contributed by atoms with Gasteiger partial charge in [-0.15, -0.1) is 0 Å². The molecule has 0 unspecified atom stereocenters. The standard InChI is InChI=1S/C31H24N4O/c1-19-14-15-33-28(16-19)35-26-7-5-4-6-23(26)31(2,3)24-12-10-21(17-27(24)35)25-13-11-20-8-9-22(18-32)30(36)29(20)34-25/h4-17,36H,1-3H3. The molecule has 5 heteroatoms. The van der Waals surface area contributed by atoms with E-state index in [4.69, 9.17) is 9.97 Å². The van der Waals surface area contributed by atoms with E-state index in [1.54, 1.807) is 6.07 Å². The lowest BCUT2D eigenvalue weighted by Crippen LogP contribution is -2.31. The first kappa shape index (κ1) is 21.8. The number of aromatic hydroxyl groups is 1. The van der Waals surface area contributed by atoms with Crippen LogP contribution >= 0.6 is 0 Å². The highest BCUT2D eigenvalue weighted by Gasteiger charge is 2.37. The molecule has 0 amide bonds. The first-order valence-electron chi connectivity index (χ1n) is 11.9. The molecule has 6 rings (SSSR count). The van der Waals surface area contributed by atoms with Gasteiger partial charge >= 0.3 is 0 Å². The monoisotopic (exact) mass is 468 g/mol. The van der Waals surface area contributed by atoms with E-state index in [-0.39, 0.29) is 16.7 Å². The van der Waals surface area contributed by atoms with Crippen molar-refractivity contribution in [3.05, 3.63) is 107 Å². The van der Waals surface area contributed by atoms with Crippen molar-refractivity contribution in [3.8, 4) is 23.1 Å². The van der Waals surface area contributed by atoms with Crippen molar-refractivity contribution in [2.75, 3.05) is 4.90 Å². The number of phenolic OH excluding ortho intramolecular Hbond substituents is 1. The van der Waals surface area contributed by atoms with Gasteiger partial charge in [0.05, 0.1) is 22.6 Å². The number of anilines is 3. The van der Waals surface area contributed by atoms with Gasteiger partial charge in [0, 0.05) is 22.6 Å². The van der Waals surface area contributed by atoms with Gasteiger partial charge in [-0.3, -0.25) is 4.90 Å². The molecular weight excluding hydrogens is 444 g/mol. The predicted molar refractivity (Wildman–Crippen MR) is 143 cm³/mol. The molecule has 0 atom stereocenters. The van der Waals surface area contributed by atoms with E-state index in [1.165, 1.54) is 11.1 Å². The van der Waals surface area contributed by atoms with Gasteiger partial charge in [0.15, 0.2) is 5.75 Å². The van der Waals surface area contributed by atoms with Gasteiger partial charge in [0.25, 0.3) is 0 Å². The normalized spacial score (nSPS) is 13.7. The second-order valence-electron chi connectivity index (χ2n) is 9.74. The van der Waals surface area contributed by atoms with Gasteiger partial charge < -0.3 is 5.11 Å². The Kier molecular flexibility index (Phi) is 4.80. The number of hydrogen-bond donors (Lipinski definition) is 1. The molecule has 3 aromatic carbocycles. The number of fused-ring (bicyclic) bond motifs is 3. The number of aromatic nitrogens is 2. The van der Waals surface area contributed by atoms with E-state index in [0.717, 1.165) is 39.4 Å². The molecule has 36 heavy (non-hydrogen) atoms. The van der Waals surface area contributed by atoms with Gasteiger partial charge in [-0.1, -0.05) is 56.3 Å². The first-order chi connectivity index (χ1) is 17.4. The number of nitriles is 1. The Bertz CT molecular complexity index is 1710. The largest absolute Gasteiger partial charge is 0.504 e. The molecular formula is C31H24N4O. The van der Waals surface area contributed by atoms with Crippen LogP contribution in [-0.4, -0.2) is 15.1 Å². The zero-order valence-electron chi connectivity index (χ0n) is 20.3. The molecule has 1 aliphatic heterocycles. The van der Waals surface area contributed by atoms with Gasteiger partial charge in [0.2, 0.25) is 0 Å². The Morgan fingerprint density at radius 1 is 0.889 bits per heavy atom. The molecule has 5 nitrogen and oxygen atoms in total. The number of para-hydroxylation sites is 1. The van der Waals surface area contributed by atoms with Gasteiger partial charge in [-0.2, -0.15) is 5.26 Å². The number of hydrogen-bond acceptors (Lipinski definition) is 5. The third-order valence-electron chi connectivity index (χ3n) is 7.11. The van der Waals surface area contributed by atoms with E-state index >= 15 is 0 Å². The summed E-state index contributed by atoms with van der Waals surface area (Å²) in [5.41, 5.74) is 7.81. The summed E-state index contributed by atoms with van der Waals surface area (Å²) >= 11 is 0. The quantitative estimate of drug-likeness (QED) is 0.294. The summed E-state index contributed by atoms with van der Waals surface area (Å²) in [6, 6.07) is 28.3. The first-order valence-corrected chi connectivity index (χ1v) is 11.9. The lowest BCUT2D eigenvalue weighted by atomic mass is 9.73. The fraction of sp³-hybridized carbons (Fsp3) is 0.129. The number of pyridine rings is 2. The third-order valence-corrected chi connectivity index (χ3v) is 7.11. The Labute approximate surface area is 209 Å².